The van der Waals surface area contributed by atoms with Crippen LogP contribution in [0.15, 0.2) is 42.5 Å². The monoisotopic (exact) mass is 313 g/mol. The first-order chi connectivity index (χ1) is 11.1. The molecule has 0 saturated carbocycles. The lowest BCUT2D eigenvalue weighted by Crippen LogP contribution is -2.27. The molecule has 1 atom stereocenters. The number of amides is 1. The zero-order valence-electron chi connectivity index (χ0n) is 12.8. The molecule has 0 fully saturated rings. The summed E-state index contributed by atoms with van der Waals surface area (Å²) in [6.07, 6.45) is 0. The fourth-order valence-electron chi connectivity index (χ4n) is 2.33. The summed E-state index contributed by atoms with van der Waals surface area (Å²) in [7, 11) is 1.38. The Balaban J connectivity index is 1.77. The molecule has 1 amide bonds. The molecule has 0 bridgehead atoms. The van der Waals surface area contributed by atoms with Crippen LogP contribution in [-0.4, -0.2) is 23.0 Å². The molecule has 0 aliphatic heterocycles. The first kappa shape index (κ1) is 15.0. The maximum atomic E-state index is 13.7. The van der Waals surface area contributed by atoms with E-state index in [0.29, 0.717) is 5.82 Å². The van der Waals surface area contributed by atoms with Crippen molar-refractivity contribution in [2.75, 3.05) is 7.11 Å². The molecule has 3 aromatic rings. The molecular weight excluding hydrogens is 297 g/mol. The van der Waals surface area contributed by atoms with Gasteiger partial charge in [-0.15, -0.1) is 0 Å². The van der Waals surface area contributed by atoms with Gasteiger partial charge in [-0.25, -0.2) is 9.37 Å². The zero-order chi connectivity index (χ0) is 16.4. The Morgan fingerprint density at radius 2 is 2.09 bits per heavy atom. The number of para-hydroxylation sites is 2. The van der Waals surface area contributed by atoms with Crippen LogP contribution in [0, 0.1) is 5.82 Å². The average molecular weight is 313 g/mol. The van der Waals surface area contributed by atoms with Gasteiger partial charge in [0.25, 0.3) is 5.91 Å². The zero-order valence-corrected chi connectivity index (χ0v) is 12.8. The third-order valence-electron chi connectivity index (χ3n) is 3.58. The number of carbonyl (C=O) groups is 1. The Morgan fingerprint density at radius 1 is 1.30 bits per heavy atom. The fourth-order valence-corrected chi connectivity index (χ4v) is 2.33. The van der Waals surface area contributed by atoms with E-state index in [-0.39, 0.29) is 23.3 Å². The molecule has 2 N–H and O–H groups in total. The van der Waals surface area contributed by atoms with Crippen LogP contribution in [0.4, 0.5) is 4.39 Å². The second-order valence-electron chi connectivity index (χ2n) is 5.18. The van der Waals surface area contributed by atoms with Crippen LogP contribution in [-0.2, 0) is 0 Å². The first-order valence-corrected chi connectivity index (χ1v) is 7.17. The molecule has 23 heavy (non-hydrogen) atoms. The standard InChI is InChI=1S/C17H16FN3O2/c1-10(16-20-13-5-3-4-6-14(13)21-16)19-17(22)11-7-8-15(23-2)12(18)9-11/h3-10H,1-2H3,(H,19,22)(H,20,21)/t10-/m0/s1. The number of ether oxygens (including phenoxy) is 1. The minimum absolute atomic E-state index is 0.104. The van der Waals surface area contributed by atoms with Crippen LogP contribution in [0.2, 0.25) is 0 Å². The molecule has 3 rings (SSSR count). The van der Waals surface area contributed by atoms with Gasteiger partial charge >= 0.3 is 0 Å². The van der Waals surface area contributed by atoms with Crippen molar-refractivity contribution in [2.24, 2.45) is 0 Å². The summed E-state index contributed by atoms with van der Waals surface area (Å²) >= 11 is 0. The molecular formula is C17H16FN3O2. The van der Waals surface area contributed by atoms with E-state index in [1.165, 1.54) is 19.2 Å². The Bertz CT molecular complexity index is 827. The van der Waals surface area contributed by atoms with Gasteiger partial charge in [0.05, 0.1) is 24.2 Å². The molecule has 6 heteroatoms. The summed E-state index contributed by atoms with van der Waals surface area (Å²) < 4.78 is 18.5. The van der Waals surface area contributed by atoms with E-state index >= 15 is 0 Å². The van der Waals surface area contributed by atoms with Crippen LogP contribution < -0.4 is 10.1 Å². The largest absolute Gasteiger partial charge is 0.494 e. The number of halogens is 1. The molecule has 0 aliphatic carbocycles. The highest BCUT2D eigenvalue weighted by Crippen LogP contribution is 2.19. The van der Waals surface area contributed by atoms with Crippen LogP contribution in [0.3, 0.4) is 0 Å². The van der Waals surface area contributed by atoms with Gasteiger partial charge in [-0.3, -0.25) is 4.79 Å². The Hall–Kier alpha value is -2.89. The number of hydrogen-bond donors (Lipinski definition) is 2. The summed E-state index contributed by atoms with van der Waals surface area (Å²) in [6, 6.07) is 11.4. The van der Waals surface area contributed by atoms with Gasteiger partial charge in [-0.1, -0.05) is 12.1 Å². The van der Waals surface area contributed by atoms with Gasteiger partial charge in [0.2, 0.25) is 0 Å². The van der Waals surface area contributed by atoms with E-state index < -0.39 is 5.82 Å². The minimum atomic E-state index is -0.573. The molecule has 1 heterocycles. The highest BCUT2D eigenvalue weighted by molar-refractivity contribution is 5.94. The molecule has 2 aromatic carbocycles. The van der Waals surface area contributed by atoms with Gasteiger partial charge in [0, 0.05) is 5.56 Å². The van der Waals surface area contributed by atoms with Gasteiger partial charge in [-0.2, -0.15) is 0 Å². The normalized spacial score (nSPS) is 12.1. The average Bonchev–Trinajstić information content (AvgIpc) is 2.99. The number of nitrogens with one attached hydrogen (secondary N) is 2. The highest BCUT2D eigenvalue weighted by atomic mass is 19.1. The van der Waals surface area contributed by atoms with Crippen molar-refractivity contribution < 1.29 is 13.9 Å². The molecule has 5 nitrogen and oxygen atoms in total. The van der Waals surface area contributed by atoms with Crippen LogP contribution >= 0.6 is 0 Å². The lowest BCUT2D eigenvalue weighted by molar-refractivity contribution is 0.0938. The number of rotatable bonds is 4. The van der Waals surface area contributed by atoms with Crippen molar-refractivity contribution in [3.63, 3.8) is 0 Å². The van der Waals surface area contributed by atoms with Gasteiger partial charge in [-0.05, 0) is 37.3 Å². The lowest BCUT2D eigenvalue weighted by atomic mass is 10.2. The second kappa shape index (κ2) is 6.08. The number of H-pyrrole nitrogens is 1. The van der Waals surface area contributed by atoms with Crippen LogP contribution in [0.25, 0.3) is 11.0 Å². The summed E-state index contributed by atoms with van der Waals surface area (Å²) in [5.74, 6) is -0.198. The summed E-state index contributed by atoms with van der Waals surface area (Å²) in [6.45, 7) is 1.81. The molecule has 0 unspecified atom stereocenters. The number of benzene rings is 2. The molecule has 0 radical (unpaired) electrons. The number of aromatic amines is 1. The Morgan fingerprint density at radius 3 is 2.78 bits per heavy atom. The summed E-state index contributed by atoms with van der Waals surface area (Å²) in [5.41, 5.74) is 1.96. The second-order valence-corrected chi connectivity index (χ2v) is 5.18. The number of fused-ring (bicyclic) bond motifs is 1. The van der Waals surface area contributed by atoms with Crippen molar-refractivity contribution in [1.82, 2.24) is 15.3 Å². The highest BCUT2D eigenvalue weighted by Gasteiger charge is 2.16. The van der Waals surface area contributed by atoms with E-state index in [1.54, 1.807) is 0 Å². The summed E-state index contributed by atoms with van der Waals surface area (Å²) in [5, 5.41) is 2.80. The number of nitrogens with zero attached hydrogens (tertiary/aromatic N) is 1. The quantitative estimate of drug-likeness (QED) is 0.777. The van der Waals surface area contributed by atoms with Crippen molar-refractivity contribution in [2.45, 2.75) is 13.0 Å². The maximum absolute atomic E-state index is 13.7. The minimum Gasteiger partial charge on any atom is -0.494 e. The van der Waals surface area contributed by atoms with Crippen molar-refractivity contribution in [3.8, 4) is 5.75 Å². The van der Waals surface area contributed by atoms with E-state index in [0.717, 1.165) is 17.1 Å². The smallest absolute Gasteiger partial charge is 0.251 e. The third kappa shape index (κ3) is 3.01. The van der Waals surface area contributed by atoms with E-state index in [2.05, 4.69) is 15.3 Å². The first-order valence-electron chi connectivity index (χ1n) is 7.17. The van der Waals surface area contributed by atoms with Crippen molar-refractivity contribution >= 4 is 16.9 Å². The molecule has 0 spiro atoms. The van der Waals surface area contributed by atoms with Crippen LogP contribution in [0.1, 0.15) is 29.1 Å². The van der Waals surface area contributed by atoms with Gasteiger partial charge in [0.1, 0.15) is 5.82 Å². The number of imidazole rings is 1. The van der Waals surface area contributed by atoms with Crippen molar-refractivity contribution in [3.05, 3.63) is 59.7 Å². The number of carbonyl (C=O) groups excluding carboxylic acids is 1. The maximum Gasteiger partial charge on any atom is 0.251 e. The Labute approximate surface area is 132 Å². The van der Waals surface area contributed by atoms with Crippen molar-refractivity contribution in [1.29, 1.82) is 0 Å². The predicted octanol–water partition coefficient (Wildman–Crippen LogP) is 3.20. The van der Waals surface area contributed by atoms with Gasteiger partial charge in [0.15, 0.2) is 11.6 Å². The number of hydrogen-bond acceptors (Lipinski definition) is 3. The molecule has 0 aliphatic rings. The van der Waals surface area contributed by atoms with E-state index in [1.807, 2.05) is 31.2 Å². The predicted molar refractivity (Wildman–Crippen MR) is 84.9 cm³/mol. The van der Waals surface area contributed by atoms with E-state index in [4.69, 9.17) is 4.74 Å². The SMILES string of the molecule is COc1ccc(C(=O)N[C@@H](C)c2nc3ccccc3[nH]2)cc1F. The summed E-state index contributed by atoms with van der Waals surface area (Å²) in [4.78, 5) is 19.8. The van der Waals surface area contributed by atoms with E-state index in [9.17, 15) is 9.18 Å². The topological polar surface area (TPSA) is 67.0 Å². The fraction of sp³-hybridized carbons (Fsp3) is 0.176. The van der Waals surface area contributed by atoms with Crippen LogP contribution in [0.5, 0.6) is 5.75 Å². The van der Waals surface area contributed by atoms with Gasteiger partial charge < -0.3 is 15.0 Å². The molecule has 0 saturated heterocycles. The third-order valence-corrected chi connectivity index (χ3v) is 3.58. The lowest BCUT2D eigenvalue weighted by Gasteiger charge is -2.12. The number of methoxy groups -OCH3 is 1. The molecule has 118 valence electrons. The molecule has 1 aromatic heterocycles. The number of aromatic nitrogens is 2. The Kier molecular flexibility index (Phi) is 3.97.